The largest absolute Gasteiger partial charge is 0.389 e. The monoisotopic (exact) mass is 468 g/mol. The molecule has 2 aromatic carbocycles. The van der Waals surface area contributed by atoms with E-state index in [2.05, 4.69) is 11.8 Å². The van der Waals surface area contributed by atoms with Gasteiger partial charge >= 0.3 is 0 Å². The van der Waals surface area contributed by atoms with E-state index in [1.54, 1.807) is 31.2 Å². The summed E-state index contributed by atoms with van der Waals surface area (Å²) in [5.41, 5.74) is 8.88. The molecule has 5 nitrogen and oxygen atoms in total. The molecule has 0 unspecified atom stereocenters. The number of aliphatic hydroxyl groups excluding tert-OH is 1. The van der Waals surface area contributed by atoms with E-state index in [1.165, 1.54) is 0 Å². The topological polar surface area (TPSA) is 83.6 Å². The first-order chi connectivity index (χ1) is 16.2. The summed E-state index contributed by atoms with van der Waals surface area (Å²) in [5.74, 6) is 2.25. The Kier molecular flexibility index (Phi) is 8.67. The first-order valence-corrected chi connectivity index (χ1v) is 11.4. The Morgan fingerprint density at radius 3 is 2.06 bits per heavy atom. The lowest BCUT2D eigenvalue weighted by Gasteiger charge is -2.31. The van der Waals surface area contributed by atoms with Gasteiger partial charge in [-0.2, -0.15) is 0 Å². The number of nitrogens with zero attached hydrogens (tertiary/aromatic N) is 1. The zero-order chi connectivity index (χ0) is 24.7. The summed E-state index contributed by atoms with van der Waals surface area (Å²) in [5, 5.41) is 9.07. The first-order valence-electron chi connectivity index (χ1n) is 11.4. The van der Waals surface area contributed by atoms with Crippen LogP contribution in [0, 0.1) is 17.8 Å². The number of carbonyl (C=O) groups is 2. The van der Waals surface area contributed by atoms with Gasteiger partial charge in [0, 0.05) is 67.5 Å². The van der Waals surface area contributed by atoms with Crippen molar-refractivity contribution in [3.63, 3.8) is 0 Å². The predicted molar refractivity (Wildman–Crippen MR) is 127 cm³/mol. The van der Waals surface area contributed by atoms with Crippen molar-refractivity contribution in [2.75, 3.05) is 19.7 Å². The lowest BCUT2D eigenvalue weighted by Crippen LogP contribution is -2.38. The third-order valence-corrected chi connectivity index (χ3v) is 6.12. The molecular weight excluding hydrogens is 438 g/mol. The minimum Gasteiger partial charge on any atom is -0.389 e. The fourth-order valence-corrected chi connectivity index (χ4v) is 3.90. The highest BCUT2D eigenvalue weighted by molar-refractivity contribution is 5.99. The molecule has 0 spiro atoms. The van der Waals surface area contributed by atoms with Gasteiger partial charge in [0.1, 0.15) is 6.61 Å². The van der Waals surface area contributed by atoms with Gasteiger partial charge in [0.15, 0.2) is 11.6 Å². The van der Waals surface area contributed by atoms with Gasteiger partial charge in [0.05, 0.1) is 0 Å². The average Bonchev–Trinajstić information content (AvgIpc) is 2.83. The Labute approximate surface area is 199 Å². The second kappa shape index (κ2) is 11.5. The maximum absolute atomic E-state index is 13.3. The van der Waals surface area contributed by atoms with E-state index < -0.39 is 30.3 Å². The van der Waals surface area contributed by atoms with Crippen LogP contribution >= 0.6 is 0 Å². The van der Waals surface area contributed by atoms with E-state index >= 15 is 0 Å². The second-order valence-electron chi connectivity index (χ2n) is 8.87. The van der Waals surface area contributed by atoms with Crippen molar-refractivity contribution in [1.29, 1.82) is 0 Å². The van der Waals surface area contributed by atoms with Gasteiger partial charge in [-0.15, -0.1) is 0 Å². The molecule has 0 aromatic heterocycles. The summed E-state index contributed by atoms with van der Waals surface area (Å²) in [6.45, 7) is 2.46. The van der Waals surface area contributed by atoms with Crippen molar-refractivity contribution in [2.24, 2.45) is 11.7 Å². The molecule has 1 fully saturated rings. The Bertz CT molecular complexity index is 1040. The molecule has 1 aliphatic heterocycles. The van der Waals surface area contributed by atoms with Crippen LogP contribution in [0.2, 0.25) is 0 Å². The van der Waals surface area contributed by atoms with Gasteiger partial charge in [0.2, 0.25) is 0 Å². The van der Waals surface area contributed by atoms with Crippen LogP contribution in [0.1, 0.15) is 53.2 Å². The van der Waals surface area contributed by atoms with E-state index in [9.17, 15) is 18.4 Å². The van der Waals surface area contributed by atoms with Crippen LogP contribution in [0.4, 0.5) is 8.78 Å². The van der Waals surface area contributed by atoms with Crippen LogP contribution in [0.5, 0.6) is 0 Å². The smallest absolute Gasteiger partial charge is 0.250 e. The number of ketones is 2. The van der Waals surface area contributed by atoms with Crippen molar-refractivity contribution in [3.8, 4) is 11.8 Å². The zero-order valence-electron chi connectivity index (χ0n) is 19.3. The summed E-state index contributed by atoms with van der Waals surface area (Å²) in [4.78, 5) is 26.4. The maximum Gasteiger partial charge on any atom is 0.250 e. The lowest BCUT2D eigenvalue weighted by molar-refractivity contribution is -0.126. The van der Waals surface area contributed by atoms with E-state index in [0.29, 0.717) is 25.2 Å². The van der Waals surface area contributed by atoms with Gasteiger partial charge in [-0.05, 0) is 36.8 Å². The van der Waals surface area contributed by atoms with Crippen LogP contribution in [0.3, 0.4) is 0 Å². The number of aliphatic hydroxyl groups is 1. The Morgan fingerprint density at radius 1 is 1.03 bits per heavy atom. The molecule has 2 atom stereocenters. The molecule has 1 heterocycles. The first kappa shape index (κ1) is 25.7. The number of carbonyl (C=O) groups excluding carboxylic acids is 2. The lowest BCUT2D eigenvalue weighted by atomic mass is 9.89. The Morgan fingerprint density at radius 2 is 1.56 bits per heavy atom. The fraction of sp³-hybridized carbons (Fsp3) is 0.407. The van der Waals surface area contributed by atoms with Crippen LogP contribution in [0.15, 0.2) is 48.5 Å². The molecule has 1 saturated heterocycles. The highest BCUT2D eigenvalue weighted by Crippen LogP contribution is 2.28. The minimum absolute atomic E-state index is 0.0473. The van der Waals surface area contributed by atoms with Crippen LogP contribution in [-0.4, -0.2) is 53.2 Å². The van der Waals surface area contributed by atoms with Gasteiger partial charge in [-0.25, -0.2) is 8.78 Å². The second-order valence-corrected chi connectivity index (χ2v) is 8.87. The summed E-state index contributed by atoms with van der Waals surface area (Å²) >= 11 is 0. The molecule has 34 heavy (non-hydrogen) atoms. The highest BCUT2D eigenvalue weighted by atomic mass is 19.3. The Balaban J connectivity index is 1.57. The summed E-state index contributed by atoms with van der Waals surface area (Å²) in [6.07, 6.45) is -0.225. The number of rotatable bonds is 8. The number of alkyl halides is 2. The van der Waals surface area contributed by atoms with Crippen LogP contribution in [-0.2, 0) is 11.3 Å². The Hall–Kier alpha value is -2.92. The number of halogens is 2. The third kappa shape index (κ3) is 7.29. The molecular formula is C27H30F2N2O3. The normalized spacial score (nSPS) is 17.3. The van der Waals surface area contributed by atoms with E-state index in [0.717, 1.165) is 16.7 Å². The van der Waals surface area contributed by atoms with Crippen LogP contribution < -0.4 is 5.73 Å². The standard InChI is InChI=1S/C27H30F2N2O3/c1-19(30)24(26(34)18-32)16-25(33)23-10-8-21(9-11-23)3-2-20-4-6-22(7-5-20)17-31-14-12-27(28,29)13-15-31/h4-11,19,24,32H,12-18,30H2,1H3/t19-,24+/m1/s1. The summed E-state index contributed by atoms with van der Waals surface area (Å²) in [6, 6.07) is 14.0. The van der Waals surface area contributed by atoms with Gasteiger partial charge < -0.3 is 10.8 Å². The molecule has 3 N–H and O–H groups in total. The third-order valence-electron chi connectivity index (χ3n) is 6.12. The zero-order valence-corrected chi connectivity index (χ0v) is 19.3. The number of hydrogen-bond acceptors (Lipinski definition) is 5. The summed E-state index contributed by atoms with van der Waals surface area (Å²) < 4.78 is 26.6. The minimum atomic E-state index is -2.54. The predicted octanol–water partition coefficient (Wildman–Crippen LogP) is 3.42. The van der Waals surface area contributed by atoms with E-state index in [1.807, 2.05) is 29.2 Å². The number of hydrogen-bond donors (Lipinski definition) is 2. The number of Topliss-reactive ketones (excluding diaryl/α,β-unsaturated/α-hetero) is 2. The van der Waals surface area contributed by atoms with Crippen LogP contribution in [0.25, 0.3) is 0 Å². The van der Waals surface area contributed by atoms with E-state index in [-0.39, 0.29) is 25.0 Å². The van der Waals surface area contributed by atoms with Crippen molar-refractivity contribution >= 4 is 11.6 Å². The molecule has 0 bridgehead atoms. The number of benzene rings is 2. The molecule has 2 aromatic rings. The van der Waals surface area contributed by atoms with Crippen molar-refractivity contribution in [1.82, 2.24) is 4.90 Å². The molecule has 0 saturated carbocycles. The summed E-state index contributed by atoms with van der Waals surface area (Å²) in [7, 11) is 0. The van der Waals surface area contributed by atoms with E-state index in [4.69, 9.17) is 10.8 Å². The fourth-order valence-electron chi connectivity index (χ4n) is 3.90. The molecule has 180 valence electrons. The highest BCUT2D eigenvalue weighted by Gasteiger charge is 2.33. The maximum atomic E-state index is 13.3. The molecule has 0 amide bonds. The van der Waals surface area contributed by atoms with Crippen molar-refractivity contribution in [2.45, 2.75) is 44.7 Å². The quantitative estimate of drug-likeness (QED) is 0.458. The molecule has 7 heteroatoms. The van der Waals surface area contributed by atoms with Gasteiger partial charge in [-0.3, -0.25) is 14.5 Å². The number of piperidine rings is 1. The van der Waals surface area contributed by atoms with Gasteiger partial charge in [-0.1, -0.05) is 36.1 Å². The molecule has 0 radical (unpaired) electrons. The average molecular weight is 469 g/mol. The molecule has 3 rings (SSSR count). The van der Waals surface area contributed by atoms with Gasteiger partial charge in [0.25, 0.3) is 5.92 Å². The molecule has 1 aliphatic rings. The number of likely N-dealkylation sites (tertiary alicyclic amines) is 1. The van der Waals surface area contributed by atoms with Crippen molar-refractivity contribution < 1.29 is 23.5 Å². The van der Waals surface area contributed by atoms with Crippen molar-refractivity contribution in [3.05, 3.63) is 70.8 Å². The molecule has 0 aliphatic carbocycles. The SMILES string of the molecule is C[C@@H](N)[C@H](CC(=O)c1ccc(C#Cc2ccc(CN3CCC(F)(F)CC3)cc2)cc1)C(=O)CO. The number of nitrogens with two attached hydrogens (primary N) is 1.